The maximum Gasteiger partial charge on any atom is 0.347 e. The van der Waals surface area contributed by atoms with Gasteiger partial charge in [0.05, 0.1) is 18.2 Å². The molecule has 0 unspecified atom stereocenters. The predicted molar refractivity (Wildman–Crippen MR) is 67.1 cm³/mol. The van der Waals surface area contributed by atoms with Crippen LogP contribution in [0.2, 0.25) is 0 Å². The number of nitrogens with one attached hydrogen (secondary N) is 1. The lowest BCUT2D eigenvalue weighted by atomic mass is 10.2. The number of nitrogens with zero attached hydrogens (tertiary/aromatic N) is 1. The Hall–Kier alpha value is -2.81. The number of hydrogen-bond acceptors (Lipinski definition) is 5. The number of esters is 1. The van der Waals surface area contributed by atoms with Crippen LogP contribution in [0.5, 0.6) is 0 Å². The fourth-order valence-electron chi connectivity index (χ4n) is 1.21. The van der Waals surface area contributed by atoms with Crippen LogP contribution < -0.4 is 5.32 Å². The minimum absolute atomic E-state index is 0.0975. The van der Waals surface area contributed by atoms with E-state index in [2.05, 4.69) is 10.1 Å². The van der Waals surface area contributed by atoms with Crippen molar-refractivity contribution < 1.29 is 19.4 Å². The fraction of sp³-hybridized carbons (Fsp3) is 0.154. The van der Waals surface area contributed by atoms with E-state index >= 15 is 0 Å². The van der Waals surface area contributed by atoms with Crippen LogP contribution in [0.15, 0.2) is 36.0 Å². The maximum absolute atomic E-state index is 11.4. The number of carboxylic acids is 1. The monoisotopic (exact) mass is 260 g/mol. The molecule has 0 heterocycles. The predicted octanol–water partition coefficient (Wildman–Crippen LogP) is 1.50. The second kappa shape index (κ2) is 6.81. The summed E-state index contributed by atoms with van der Waals surface area (Å²) in [6, 6.07) is 8.30. The van der Waals surface area contributed by atoms with Gasteiger partial charge >= 0.3 is 11.9 Å². The van der Waals surface area contributed by atoms with Crippen molar-refractivity contribution in [2.45, 2.75) is 6.92 Å². The number of rotatable bonds is 5. The molecule has 6 nitrogen and oxygen atoms in total. The Morgan fingerprint density at radius 2 is 2.05 bits per heavy atom. The van der Waals surface area contributed by atoms with Crippen LogP contribution in [0.25, 0.3) is 0 Å². The number of carbonyl (C=O) groups excluding carboxylic acids is 1. The van der Waals surface area contributed by atoms with Crippen LogP contribution in [-0.2, 0) is 14.3 Å². The summed E-state index contributed by atoms with van der Waals surface area (Å²) in [6.07, 6.45) is 1.06. The zero-order chi connectivity index (χ0) is 14.3. The number of nitriles is 1. The number of benzene rings is 1. The summed E-state index contributed by atoms with van der Waals surface area (Å²) in [4.78, 5) is 22.2. The van der Waals surface area contributed by atoms with Gasteiger partial charge < -0.3 is 15.2 Å². The Labute approximate surface area is 109 Å². The zero-order valence-electron chi connectivity index (χ0n) is 10.2. The molecular formula is C13H12N2O4. The van der Waals surface area contributed by atoms with Crippen molar-refractivity contribution >= 4 is 17.6 Å². The number of anilines is 1. The van der Waals surface area contributed by atoms with E-state index in [4.69, 9.17) is 10.4 Å². The van der Waals surface area contributed by atoms with Crippen LogP contribution in [0.3, 0.4) is 0 Å². The van der Waals surface area contributed by atoms with Crippen LogP contribution in [0.4, 0.5) is 5.69 Å². The Balaban J connectivity index is 2.83. The van der Waals surface area contributed by atoms with E-state index in [9.17, 15) is 9.59 Å². The van der Waals surface area contributed by atoms with Crippen molar-refractivity contribution in [3.05, 3.63) is 41.6 Å². The van der Waals surface area contributed by atoms with E-state index in [1.54, 1.807) is 31.2 Å². The highest BCUT2D eigenvalue weighted by atomic mass is 16.5. The summed E-state index contributed by atoms with van der Waals surface area (Å²) in [7, 11) is 0. The Morgan fingerprint density at radius 3 is 2.53 bits per heavy atom. The van der Waals surface area contributed by atoms with Crippen LogP contribution in [-0.4, -0.2) is 23.7 Å². The van der Waals surface area contributed by atoms with E-state index in [1.165, 1.54) is 0 Å². The van der Waals surface area contributed by atoms with Gasteiger partial charge in [0.1, 0.15) is 0 Å². The summed E-state index contributed by atoms with van der Waals surface area (Å²) in [5.41, 5.74) is 0.548. The standard InChI is InChI=1S/C13H12N2O4/c1-2-19-13(18)11(12(16)17)8-15-10-5-3-9(7-14)4-6-10/h3-6,8,15H,2H2,1H3,(H,16,17)/b11-8-. The smallest absolute Gasteiger partial charge is 0.347 e. The highest BCUT2D eigenvalue weighted by molar-refractivity contribution is 6.13. The molecular weight excluding hydrogens is 248 g/mol. The average molecular weight is 260 g/mol. The highest BCUT2D eigenvalue weighted by Crippen LogP contribution is 2.10. The fourth-order valence-corrected chi connectivity index (χ4v) is 1.21. The molecule has 1 aromatic carbocycles. The number of carbonyl (C=O) groups is 2. The number of carboxylic acid groups (broad SMARTS) is 1. The van der Waals surface area contributed by atoms with Gasteiger partial charge in [0, 0.05) is 11.9 Å². The van der Waals surface area contributed by atoms with E-state index in [-0.39, 0.29) is 6.61 Å². The lowest BCUT2D eigenvalue weighted by Crippen LogP contribution is -2.16. The summed E-state index contributed by atoms with van der Waals surface area (Å²) >= 11 is 0. The SMILES string of the molecule is CCOC(=O)/C(=C\Nc1ccc(C#N)cc1)C(=O)O. The van der Waals surface area contributed by atoms with Crippen molar-refractivity contribution in [1.29, 1.82) is 5.26 Å². The van der Waals surface area contributed by atoms with Crippen molar-refractivity contribution in [1.82, 2.24) is 0 Å². The number of ether oxygens (including phenoxy) is 1. The molecule has 0 bridgehead atoms. The molecule has 0 aliphatic heterocycles. The number of hydrogen-bond donors (Lipinski definition) is 2. The zero-order valence-corrected chi connectivity index (χ0v) is 10.2. The Morgan fingerprint density at radius 1 is 1.42 bits per heavy atom. The molecule has 0 radical (unpaired) electrons. The quantitative estimate of drug-likeness (QED) is 0.360. The van der Waals surface area contributed by atoms with Gasteiger partial charge in [-0.1, -0.05) is 0 Å². The van der Waals surface area contributed by atoms with Gasteiger partial charge in [0.15, 0.2) is 5.57 Å². The molecule has 0 saturated heterocycles. The van der Waals surface area contributed by atoms with Crippen LogP contribution in [0.1, 0.15) is 12.5 Å². The molecule has 0 fully saturated rings. The summed E-state index contributed by atoms with van der Waals surface area (Å²) in [5, 5.41) is 20.2. The van der Waals surface area contributed by atoms with Crippen LogP contribution in [0, 0.1) is 11.3 Å². The van der Waals surface area contributed by atoms with E-state index in [0.717, 1.165) is 6.20 Å². The first kappa shape index (κ1) is 14.3. The lowest BCUT2D eigenvalue weighted by molar-refractivity contribution is -0.143. The second-order valence-electron chi connectivity index (χ2n) is 3.42. The third-order valence-electron chi connectivity index (χ3n) is 2.12. The van der Waals surface area contributed by atoms with E-state index in [0.29, 0.717) is 11.3 Å². The molecule has 0 spiro atoms. The first-order valence-corrected chi connectivity index (χ1v) is 5.45. The molecule has 98 valence electrons. The molecule has 0 aromatic heterocycles. The minimum atomic E-state index is -1.38. The molecule has 19 heavy (non-hydrogen) atoms. The van der Waals surface area contributed by atoms with Crippen molar-refractivity contribution in [3.8, 4) is 6.07 Å². The molecule has 0 amide bonds. The average Bonchev–Trinajstić information content (AvgIpc) is 2.39. The third-order valence-corrected chi connectivity index (χ3v) is 2.12. The van der Waals surface area contributed by atoms with Crippen molar-refractivity contribution in [2.24, 2.45) is 0 Å². The topological polar surface area (TPSA) is 99.4 Å². The van der Waals surface area contributed by atoms with Crippen molar-refractivity contribution in [2.75, 3.05) is 11.9 Å². The summed E-state index contributed by atoms with van der Waals surface area (Å²) < 4.78 is 4.62. The van der Waals surface area contributed by atoms with Gasteiger partial charge in [0.2, 0.25) is 0 Å². The van der Waals surface area contributed by atoms with Gasteiger partial charge in [0.25, 0.3) is 0 Å². The van der Waals surface area contributed by atoms with Crippen molar-refractivity contribution in [3.63, 3.8) is 0 Å². The normalized spacial score (nSPS) is 10.4. The Bertz CT molecular complexity index is 541. The van der Waals surface area contributed by atoms with Gasteiger partial charge in [-0.25, -0.2) is 9.59 Å². The van der Waals surface area contributed by atoms with Crippen LogP contribution >= 0.6 is 0 Å². The van der Waals surface area contributed by atoms with Gasteiger partial charge in [-0.3, -0.25) is 0 Å². The molecule has 6 heteroatoms. The minimum Gasteiger partial charge on any atom is -0.477 e. The first-order chi connectivity index (χ1) is 9.08. The lowest BCUT2D eigenvalue weighted by Gasteiger charge is -2.04. The highest BCUT2D eigenvalue weighted by Gasteiger charge is 2.18. The first-order valence-electron chi connectivity index (χ1n) is 5.45. The second-order valence-corrected chi connectivity index (χ2v) is 3.42. The molecule has 2 N–H and O–H groups in total. The molecule has 0 aliphatic rings. The van der Waals surface area contributed by atoms with Gasteiger partial charge in [-0.15, -0.1) is 0 Å². The largest absolute Gasteiger partial charge is 0.477 e. The van der Waals surface area contributed by atoms with Gasteiger partial charge in [-0.05, 0) is 31.2 Å². The maximum atomic E-state index is 11.4. The van der Waals surface area contributed by atoms with E-state index < -0.39 is 17.5 Å². The molecule has 1 aromatic rings. The number of aliphatic carboxylic acids is 1. The molecule has 0 atom stereocenters. The molecule has 0 saturated carbocycles. The van der Waals surface area contributed by atoms with Gasteiger partial charge in [-0.2, -0.15) is 5.26 Å². The Kier molecular flexibility index (Phi) is 5.11. The molecule has 0 aliphatic carbocycles. The molecule has 1 rings (SSSR count). The third kappa shape index (κ3) is 4.16. The van der Waals surface area contributed by atoms with E-state index in [1.807, 2.05) is 6.07 Å². The summed E-state index contributed by atoms with van der Waals surface area (Å²) in [5.74, 6) is -2.28. The summed E-state index contributed by atoms with van der Waals surface area (Å²) in [6.45, 7) is 1.69.